The standard InChI is InChI=1S/C44H88O4.C9H20.C3H8O.C2H7N.C2H6.2CH4.3H2O/c1-7-11-14-17-18-19-20-23-31-43(41-45-6)33-29-39-48-44(5,10-4)35-25-24-30-42(34-40-47-37-27-22-16-13-9-3)32-28-38-46-36-26-21-15-12-8-2;1-3-5-7-9-8-6-4-2;1-3-4-2;1-2-3;1-2;;;;;/h10,42-43H,4,7-9,11-41H2,1-3,5-6H3;3-9H2,1-2H3;3H2,1-2H3;2-3H2,1H3;1-2H3;2*1H4;3*1H2. The van der Waals surface area contributed by atoms with E-state index in [1.807, 2.05) is 40.9 Å². The maximum Gasteiger partial charge on any atom is 0.0831 e. The lowest BCUT2D eigenvalue weighted by molar-refractivity contribution is -0.00669. The van der Waals surface area contributed by atoms with Crippen LogP contribution in [-0.2, 0) is 23.7 Å². The first-order chi connectivity index (χ1) is 32.3. The van der Waals surface area contributed by atoms with Crippen molar-refractivity contribution < 1.29 is 40.1 Å². The monoisotopic (exact) mass is 1030 g/mol. The zero-order valence-corrected chi connectivity index (χ0v) is 49.5. The van der Waals surface area contributed by atoms with E-state index in [0.29, 0.717) is 5.92 Å². The fourth-order valence-electron chi connectivity index (χ4n) is 7.94. The molecule has 0 saturated carbocycles. The summed E-state index contributed by atoms with van der Waals surface area (Å²) in [7, 11) is 3.53. The maximum absolute atomic E-state index is 6.47. The Kier molecular flexibility index (Phi) is 116. The van der Waals surface area contributed by atoms with Crippen molar-refractivity contribution in [2.45, 2.75) is 314 Å². The lowest BCUT2D eigenvalue weighted by atomic mass is 9.91. The first kappa shape index (κ1) is 92.9. The highest BCUT2D eigenvalue weighted by molar-refractivity contribution is 4.93. The van der Waals surface area contributed by atoms with Crippen molar-refractivity contribution in [3.63, 3.8) is 0 Å². The molecule has 0 aromatic rings. The van der Waals surface area contributed by atoms with E-state index in [0.717, 1.165) is 71.6 Å². The van der Waals surface area contributed by atoms with Crippen LogP contribution in [0.5, 0.6) is 0 Å². The van der Waals surface area contributed by atoms with E-state index in [1.165, 1.54) is 212 Å². The number of methoxy groups -OCH3 is 2. The molecular formula is C62H143NO8. The van der Waals surface area contributed by atoms with Gasteiger partial charge in [-0.25, -0.2) is 0 Å². The molecular weight excluding hydrogens is 887 g/mol. The van der Waals surface area contributed by atoms with Crippen LogP contribution in [0.25, 0.3) is 0 Å². The highest BCUT2D eigenvalue weighted by Gasteiger charge is 2.21. The van der Waals surface area contributed by atoms with E-state index < -0.39 is 0 Å². The van der Waals surface area contributed by atoms with Crippen LogP contribution in [0, 0.1) is 11.8 Å². The average molecular weight is 1030 g/mol. The Balaban J connectivity index is -0.000000172. The van der Waals surface area contributed by atoms with E-state index in [9.17, 15) is 0 Å². The van der Waals surface area contributed by atoms with E-state index in [4.69, 9.17) is 24.7 Å². The average Bonchev–Trinajstić information content (AvgIpc) is 3.33. The van der Waals surface area contributed by atoms with Gasteiger partial charge < -0.3 is 45.8 Å². The van der Waals surface area contributed by atoms with Gasteiger partial charge in [0.2, 0.25) is 0 Å². The van der Waals surface area contributed by atoms with Gasteiger partial charge in [-0.15, -0.1) is 6.58 Å². The minimum atomic E-state index is -0.226. The summed E-state index contributed by atoms with van der Waals surface area (Å²) in [5.74, 6) is 1.39. The molecule has 0 fully saturated rings. The topological polar surface area (TPSA) is 167 Å². The first-order valence-corrected chi connectivity index (χ1v) is 29.4. The lowest BCUT2D eigenvalue weighted by Gasteiger charge is -2.27. The van der Waals surface area contributed by atoms with E-state index in [-0.39, 0.29) is 36.9 Å². The van der Waals surface area contributed by atoms with Gasteiger partial charge in [-0.2, -0.15) is 0 Å². The van der Waals surface area contributed by atoms with Crippen molar-refractivity contribution in [3.05, 3.63) is 12.7 Å². The molecule has 0 heterocycles. The molecule has 444 valence electrons. The summed E-state index contributed by atoms with van der Waals surface area (Å²) in [6, 6.07) is 0. The minimum absolute atomic E-state index is 0. The SMILES string of the molecule is C.C.C=CC(C)(CCCCC(CCCOCCCCCCC)CCOCCCCCCC)OCCCC(CCCCCCCCCC)COC.CC.CCCCCCCCC.CCN.CCOC.O.O.O. The Bertz CT molecular complexity index is 787. The van der Waals surface area contributed by atoms with Crippen molar-refractivity contribution in [3.8, 4) is 0 Å². The molecule has 9 heteroatoms. The van der Waals surface area contributed by atoms with Crippen LogP contribution in [0.4, 0.5) is 0 Å². The fourth-order valence-corrected chi connectivity index (χ4v) is 7.94. The summed E-state index contributed by atoms with van der Waals surface area (Å²) in [5.41, 5.74) is 4.62. The lowest BCUT2D eigenvalue weighted by Crippen LogP contribution is -2.26. The molecule has 0 aliphatic carbocycles. The van der Waals surface area contributed by atoms with E-state index in [1.54, 1.807) is 7.11 Å². The summed E-state index contributed by atoms with van der Waals surface area (Å²) < 4.78 is 28.7. The van der Waals surface area contributed by atoms with Crippen LogP contribution in [0.3, 0.4) is 0 Å². The molecule has 3 unspecified atom stereocenters. The molecule has 71 heavy (non-hydrogen) atoms. The second kappa shape index (κ2) is 89.0. The number of unbranched alkanes of at least 4 members (excludes halogenated alkanes) is 22. The van der Waals surface area contributed by atoms with Gasteiger partial charge in [-0.05, 0) is 90.0 Å². The number of hydrogen-bond donors (Lipinski definition) is 1. The Morgan fingerprint density at radius 2 is 0.732 bits per heavy atom. The third kappa shape index (κ3) is 89.3. The second-order valence-corrected chi connectivity index (χ2v) is 18.9. The molecule has 0 radical (unpaired) electrons. The molecule has 0 rings (SSSR count). The summed E-state index contributed by atoms with van der Waals surface area (Å²) in [4.78, 5) is 0. The zero-order valence-electron chi connectivity index (χ0n) is 49.5. The minimum Gasteiger partial charge on any atom is -0.412 e. The third-order valence-corrected chi connectivity index (χ3v) is 12.4. The van der Waals surface area contributed by atoms with Crippen LogP contribution in [0.15, 0.2) is 12.7 Å². The molecule has 0 aromatic heterocycles. The van der Waals surface area contributed by atoms with Gasteiger partial charge >= 0.3 is 0 Å². The largest absolute Gasteiger partial charge is 0.412 e. The van der Waals surface area contributed by atoms with Crippen molar-refractivity contribution >= 4 is 0 Å². The quantitative estimate of drug-likeness (QED) is 0.0470. The molecule has 0 saturated heterocycles. The van der Waals surface area contributed by atoms with E-state index in [2.05, 4.69) is 52.9 Å². The number of hydrogen-bond acceptors (Lipinski definition) is 6. The molecule has 0 spiro atoms. The molecule has 0 aliphatic heterocycles. The molecule has 3 atom stereocenters. The zero-order chi connectivity index (χ0) is 50.3. The third-order valence-electron chi connectivity index (χ3n) is 12.4. The molecule has 9 nitrogen and oxygen atoms in total. The maximum atomic E-state index is 6.47. The Morgan fingerprint density at radius 3 is 1.13 bits per heavy atom. The Morgan fingerprint density at radius 1 is 0.423 bits per heavy atom. The Hall–Kier alpha value is -0.620. The van der Waals surface area contributed by atoms with Crippen LogP contribution in [0.1, 0.15) is 309 Å². The van der Waals surface area contributed by atoms with Crippen LogP contribution in [0.2, 0.25) is 0 Å². The molecule has 0 aromatic carbocycles. The van der Waals surface area contributed by atoms with Gasteiger partial charge in [0.1, 0.15) is 0 Å². The van der Waals surface area contributed by atoms with Crippen LogP contribution in [-0.4, -0.2) is 89.0 Å². The summed E-state index contributed by atoms with van der Waals surface area (Å²) >= 11 is 0. The summed E-state index contributed by atoms with van der Waals surface area (Å²) in [5, 5.41) is 0. The van der Waals surface area contributed by atoms with Crippen molar-refractivity contribution in [2.75, 3.05) is 67.0 Å². The van der Waals surface area contributed by atoms with E-state index >= 15 is 0 Å². The number of ether oxygens (including phenoxy) is 5. The van der Waals surface area contributed by atoms with Gasteiger partial charge in [0.15, 0.2) is 0 Å². The van der Waals surface area contributed by atoms with Gasteiger partial charge in [-0.1, -0.05) is 243 Å². The normalized spacial score (nSPS) is 11.7. The van der Waals surface area contributed by atoms with Crippen LogP contribution < -0.4 is 5.73 Å². The number of rotatable bonds is 48. The smallest absolute Gasteiger partial charge is 0.0831 e. The molecule has 0 bridgehead atoms. The summed E-state index contributed by atoms with van der Waals surface area (Å²) in [6.07, 6.45) is 48.1. The second-order valence-electron chi connectivity index (χ2n) is 18.9. The predicted octanol–water partition coefficient (Wildman–Crippen LogP) is 18.0. The summed E-state index contributed by atoms with van der Waals surface area (Å²) in [6.45, 7) is 32.6. The van der Waals surface area contributed by atoms with Gasteiger partial charge in [0.25, 0.3) is 0 Å². The van der Waals surface area contributed by atoms with Crippen molar-refractivity contribution in [1.29, 1.82) is 0 Å². The highest BCUT2D eigenvalue weighted by atomic mass is 16.5. The fraction of sp³-hybridized carbons (Fsp3) is 0.968. The van der Waals surface area contributed by atoms with Crippen molar-refractivity contribution in [1.82, 2.24) is 0 Å². The van der Waals surface area contributed by atoms with Crippen LogP contribution >= 0.6 is 0 Å². The van der Waals surface area contributed by atoms with Gasteiger partial charge in [0.05, 0.1) is 5.60 Å². The number of nitrogens with two attached hydrogens (primary N) is 1. The highest BCUT2D eigenvalue weighted by Crippen LogP contribution is 2.26. The first-order valence-electron chi connectivity index (χ1n) is 29.4. The predicted molar refractivity (Wildman–Crippen MR) is 323 cm³/mol. The van der Waals surface area contributed by atoms with Crippen molar-refractivity contribution in [2.24, 2.45) is 17.6 Å². The van der Waals surface area contributed by atoms with Gasteiger partial charge in [0, 0.05) is 60.5 Å². The Labute approximate surface area is 450 Å². The molecule has 0 aliphatic rings. The molecule has 0 amide bonds. The van der Waals surface area contributed by atoms with Gasteiger partial charge in [-0.3, -0.25) is 0 Å². The molecule has 8 N–H and O–H groups in total.